The summed E-state index contributed by atoms with van der Waals surface area (Å²) < 4.78 is 27.5. The summed E-state index contributed by atoms with van der Waals surface area (Å²) in [4.78, 5) is 0.782. The van der Waals surface area contributed by atoms with Crippen LogP contribution in [0.1, 0.15) is 5.56 Å². The molecule has 0 unspecified atom stereocenters. The van der Waals surface area contributed by atoms with Crippen LogP contribution in [0, 0.1) is 6.92 Å². The van der Waals surface area contributed by atoms with Crippen molar-refractivity contribution in [2.24, 2.45) is 0 Å². The van der Waals surface area contributed by atoms with Gasteiger partial charge >= 0.3 is 0 Å². The summed E-state index contributed by atoms with van der Waals surface area (Å²) in [6.45, 7) is 1.85. The van der Waals surface area contributed by atoms with Crippen molar-refractivity contribution in [1.29, 1.82) is 0 Å². The van der Waals surface area contributed by atoms with E-state index in [0.717, 1.165) is 5.56 Å². The average Bonchev–Trinajstić information content (AvgIpc) is 2.42. The van der Waals surface area contributed by atoms with E-state index < -0.39 is 10.0 Å². The van der Waals surface area contributed by atoms with Gasteiger partial charge in [-0.2, -0.15) is 0 Å². The predicted molar refractivity (Wildman–Crippen MR) is 90.2 cm³/mol. The fraction of sp³-hybridized carbons (Fsp3) is 0.143. The van der Waals surface area contributed by atoms with Gasteiger partial charge in [-0.1, -0.05) is 29.3 Å². The number of aryl methyl sites for hydroxylation is 1. The van der Waals surface area contributed by atoms with E-state index in [1.807, 2.05) is 13.2 Å². The monoisotopic (exact) mass is 361 g/mol. The van der Waals surface area contributed by atoms with Crippen LogP contribution in [-0.2, 0) is 10.0 Å². The molecule has 3 nitrogen and oxygen atoms in total. The topological polar surface area (TPSA) is 46.2 Å². The Hall–Kier alpha value is -0.880. The van der Waals surface area contributed by atoms with Crippen LogP contribution in [0.5, 0.6) is 0 Å². The Kier molecular flexibility index (Phi) is 5.09. The first-order valence-electron chi connectivity index (χ1n) is 5.96. The Morgan fingerprint density at radius 2 is 1.81 bits per heavy atom. The van der Waals surface area contributed by atoms with E-state index in [0.29, 0.717) is 20.6 Å². The molecule has 0 amide bonds. The lowest BCUT2D eigenvalue weighted by Crippen LogP contribution is -2.14. The first kappa shape index (κ1) is 16.5. The molecule has 0 aliphatic carbocycles. The molecule has 0 heterocycles. The minimum absolute atomic E-state index is 0.152. The fourth-order valence-electron chi connectivity index (χ4n) is 1.73. The van der Waals surface area contributed by atoms with Gasteiger partial charge in [0.2, 0.25) is 0 Å². The Morgan fingerprint density at radius 1 is 1.10 bits per heavy atom. The van der Waals surface area contributed by atoms with Crippen LogP contribution in [-0.4, -0.2) is 14.7 Å². The molecule has 2 rings (SSSR count). The summed E-state index contributed by atoms with van der Waals surface area (Å²) in [5.41, 5.74) is 1.30. The van der Waals surface area contributed by atoms with Crippen molar-refractivity contribution in [3.63, 3.8) is 0 Å². The third-order valence-electron chi connectivity index (χ3n) is 2.84. The van der Waals surface area contributed by atoms with E-state index in [2.05, 4.69) is 4.72 Å². The Morgan fingerprint density at radius 3 is 2.43 bits per heavy atom. The minimum Gasteiger partial charge on any atom is -0.280 e. The molecule has 0 fully saturated rings. The van der Waals surface area contributed by atoms with Gasteiger partial charge in [0.15, 0.2) is 0 Å². The molecule has 2 aromatic carbocycles. The van der Waals surface area contributed by atoms with E-state index in [1.54, 1.807) is 30.3 Å². The van der Waals surface area contributed by atoms with Crippen molar-refractivity contribution in [3.05, 3.63) is 52.0 Å². The van der Waals surface area contributed by atoms with Crippen LogP contribution < -0.4 is 4.72 Å². The zero-order valence-corrected chi connectivity index (χ0v) is 14.5. The number of halogens is 2. The second-order valence-corrected chi connectivity index (χ2v) is 7.71. The minimum atomic E-state index is -3.72. The summed E-state index contributed by atoms with van der Waals surface area (Å²) in [5, 5.41) is 0.876. The Balaban J connectivity index is 2.42. The van der Waals surface area contributed by atoms with Gasteiger partial charge in [-0.3, -0.25) is 4.72 Å². The van der Waals surface area contributed by atoms with Crippen molar-refractivity contribution >= 4 is 50.7 Å². The van der Waals surface area contributed by atoms with Crippen molar-refractivity contribution in [3.8, 4) is 0 Å². The number of benzene rings is 2. The maximum absolute atomic E-state index is 12.5. The van der Waals surface area contributed by atoms with Gasteiger partial charge in [0, 0.05) is 14.9 Å². The molecule has 2 aromatic rings. The van der Waals surface area contributed by atoms with Gasteiger partial charge in [0.05, 0.1) is 5.69 Å². The molecule has 0 aliphatic heterocycles. The Labute approximate surface area is 138 Å². The molecule has 0 aliphatic rings. The molecule has 1 N–H and O–H groups in total. The van der Waals surface area contributed by atoms with Crippen LogP contribution in [0.15, 0.2) is 46.2 Å². The molecular weight excluding hydrogens is 349 g/mol. The summed E-state index contributed by atoms with van der Waals surface area (Å²) in [6, 6.07) is 9.79. The second-order valence-electron chi connectivity index (χ2n) is 4.36. The maximum atomic E-state index is 12.5. The first-order chi connectivity index (χ1) is 9.83. The number of thioether (sulfide) groups is 1. The highest BCUT2D eigenvalue weighted by Gasteiger charge is 2.19. The lowest BCUT2D eigenvalue weighted by Gasteiger charge is -2.12. The first-order valence-corrected chi connectivity index (χ1v) is 9.42. The lowest BCUT2D eigenvalue weighted by atomic mass is 10.2. The highest BCUT2D eigenvalue weighted by atomic mass is 35.5. The van der Waals surface area contributed by atoms with Crippen LogP contribution in [0.2, 0.25) is 10.0 Å². The molecule has 0 saturated carbocycles. The van der Waals surface area contributed by atoms with E-state index in [-0.39, 0.29) is 4.90 Å². The average molecular weight is 362 g/mol. The van der Waals surface area contributed by atoms with Gasteiger partial charge in [-0.25, -0.2) is 8.42 Å². The smallest absolute Gasteiger partial charge is 0.263 e. The number of hydrogen-bond acceptors (Lipinski definition) is 3. The highest BCUT2D eigenvalue weighted by molar-refractivity contribution is 7.99. The SMILES string of the molecule is CSc1ccc(Cl)cc1S(=O)(=O)Nc1ccc(C)c(Cl)c1. The number of rotatable bonds is 4. The van der Waals surface area contributed by atoms with E-state index >= 15 is 0 Å². The van der Waals surface area contributed by atoms with E-state index in [4.69, 9.17) is 23.2 Å². The van der Waals surface area contributed by atoms with Crippen molar-refractivity contribution in [1.82, 2.24) is 0 Å². The normalized spacial score (nSPS) is 11.4. The molecule has 0 aromatic heterocycles. The summed E-state index contributed by atoms with van der Waals surface area (Å²) in [5.74, 6) is 0. The van der Waals surface area contributed by atoms with Gasteiger partial charge in [0.25, 0.3) is 10.0 Å². The van der Waals surface area contributed by atoms with Crippen molar-refractivity contribution in [2.45, 2.75) is 16.7 Å². The quantitative estimate of drug-likeness (QED) is 0.793. The summed E-state index contributed by atoms with van der Waals surface area (Å²) in [7, 11) is -3.72. The van der Waals surface area contributed by atoms with E-state index in [9.17, 15) is 8.42 Å². The fourth-order valence-corrected chi connectivity index (χ4v) is 4.35. The van der Waals surface area contributed by atoms with Crippen molar-refractivity contribution in [2.75, 3.05) is 11.0 Å². The number of nitrogens with one attached hydrogen (secondary N) is 1. The van der Waals surface area contributed by atoms with Gasteiger partial charge in [-0.05, 0) is 49.1 Å². The summed E-state index contributed by atoms with van der Waals surface area (Å²) >= 11 is 13.3. The number of sulfonamides is 1. The number of hydrogen-bond donors (Lipinski definition) is 1. The molecule has 0 radical (unpaired) electrons. The molecule has 0 bridgehead atoms. The van der Waals surface area contributed by atoms with E-state index in [1.165, 1.54) is 17.8 Å². The highest BCUT2D eigenvalue weighted by Crippen LogP contribution is 2.30. The third kappa shape index (κ3) is 3.86. The van der Waals surface area contributed by atoms with Gasteiger partial charge in [-0.15, -0.1) is 11.8 Å². The van der Waals surface area contributed by atoms with Crippen LogP contribution in [0.25, 0.3) is 0 Å². The maximum Gasteiger partial charge on any atom is 0.263 e. The van der Waals surface area contributed by atoms with Crippen LogP contribution >= 0.6 is 35.0 Å². The predicted octanol–water partition coefficient (Wildman–Crippen LogP) is 4.82. The molecule has 0 saturated heterocycles. The molecule has 112 valence electrons. The summed E-state index contributed by atoms with van der Waals surface area (Å²) in [6.07, 6.45) is 1.81. The Bertz CT molecular complexity index is 777. The third-order valence-corrected chi connectivity index (χ3v) is 5.83. The molecule has 7 heteroatoms. The molecule has 0 spiro atoms. The van der Waals surface area contributed by atoms with Crippen LogP contribution in [0.3, 0.4) is 0 Å². The molecule has 21 heavy (non-hydrogen) atoms. The van der Waals surface area contributed by atoms with Crippen molar-refractivity contribution < 1.29 is 8.42 Å². The molecule has 0 atom stereocenters. The van der Waals surface area contributed by atoms with Gasteiger partial charge in [0.1, 0.15) is 4.90 Å². The lowest BCUT2D eigenvalue weighted by molar-refractivity contribution is 0.599. The van der Waals surface area contributed by atoms with Gasteiger partial charge < -0.3 is 0 Å². The second kappa shape index (κ2) is 6.48. The molecular formula is C14H13Cl2NO2S2. The van der Waals surface area contributed by atoms with Crippen LogP contribution in [0.4, 0.5) is 5.69 Å². The largest absolute Gasteiger partial charge is 0.280 e. The zero-order chi connectivity index (χ0) is 15.6. The number of anilines is 1. The zero-order valence-electron chi connectivity index (χ0n) is 11.4. The standard InChI is InChI=1S/C14H13Cl2NO2S2/c1-9-3-5-11(8-12(9)16)17-21(18,19)14-7-10(15)4-6-13(14)20-2/h3-8,17H,1-2H3.